The zero-order valence-electron chi connectivity index (χ0n) is 8.76. The minimum absolute atomic E-state index is 0.0596. The highest BCUT2D eigenvalue weighted by molar-refractivity contribution is 7.91. The predicted molar refractivity (Wildman–Crippen MR) is 57.2 cm³/mol. The standard InChI is InChI=1S/C10H17NO3S/c12-8-11(9-3-1-2-4-9)10-5-6-15(13,14)7-10/h8-10H,1-7H2/t10-/m1/s1. The van der Waals surface area contributed by atoms with Gasteiger partial charge in [0.1, 0.15) is 0 Å². The predicted octanol–water partition coefficient (Wildman–Crippen LogP) is 0.574. The van der Waals surface area contributed by atoms with E-state index in [1.54, 1.807) is 4.90 Å². The van der Waals surface area contributed by atoms with Crippen molar-refractivity contribution in [2.75, 3.05) is 11.5 Å². The summed E-state index contributed by atoms with van der Waals surface area (Å²) in [6.45, 7) is 0. The quantitative estimate of drug-likeness (QED) is 0.667. The van der Waals surface area contributed by atoms with E-state index in [-0.39, 0.29) is 17.5 Å². The van der Waals surface area contributed by atoms with E-state index in [1.165, 1.54) is 0 Å². The number of hydrogen-bond donors (Lipinski definition) is 0. The number of sulfone groups is 1. The lowest BCUT2D eigenvalue weighted by Gasteiger charge is -2.29. The molecule has 4 nitrogen and oxygen atoms in total. The molecule has 0 spiro atoms. The van der Waals surface area contributed by atoms with Crippen LogP contribution in [0, 0.1) is 0 Å². The van der Waals surface area contributed by atoms with Crippen LogP contribution in [0.1, 0.15) is 32.1 Å². The molecule has 5 heteroatoms. The summed E-state index contributed by atoms with van der Waals surface area (Å²) in [5, 5.41) is 0. The summed E-state index contributed by atoms with van der Waals surface area (Å²) in [4.78, 5) is 12.8. The van der Waals surface area contributed by atoms with Gasteiger partial charge in [-0.3, -0.25) is 4.79 Å². The van der Waals surface area contributed by atoms with Crippen LogP contribution in [0.15, 0.2) is 0 Å². The Morgan fingerprint density at radius 3 is 2.20 bits per heavy atom. The summed E-state index contributed by atoms with van der Waals surface area (Å²) in [7, 11) is -2.88. The van der Waals surface area contributed by atoms with E-state index in [2.05, 4.69) is 0 Å². The summed E-state index contributed by atoms with van der Waals surface area (Å²) < 4.78 is 22.7. The average molecular weight is 231 g/mol. The third-order valence-electron chi connectivity index (χ3n) is 3.50. The Hall–Kier alpha value is -0.580. The molecule has 1 aliphatic carbocycles. The van der Waals surface area contributed by atoms with Crippen LogP contribution < -0.4 is 0 Å². The van der Waals surface area contributed by atoms with E-state index in [1.807, 2.05) is 0 Å². The van der Waals surface area contributed by atoms with Gasteiger partial charge in [-0.2, -0.15) is 0 Å². The summed E-state index contributed by atoms with van der Waals surface area (Å²) in [6.07, 6.45) is 5.87. The highest BCUT2D eigenvalue weighted by Gasteiger charge is 2.35. The van der Waals surface area contributed by atoms with Crippen molar-refractivity contribution in [3.63, 3.8) is 0 Å². The fourth-order valence-corrected chi connectivity index (χ4v) is 4.41. The van der Waals surface area contributed by atoms with E-state index >= 15 is 0 Å². The molecule has 0 radical (unpaired) electrons. The van der Waals surface area contributed by atoms with Crippen LogP contribution in [0.3, 0.4) is 0 Å². The summed E-state index contributed by atoms with van der Waals surface area (Å²) >= 11 is 0. The first-order valence-electron chi connectivity index (χ1n) is 5.55. The fraction of sp³-hybridized carbons (Fsp3) is 0.900. The van der Waals surface area contributed by atoms with Gasteiger partial charge in [0.2, 0.25) is 6.41 Å². The molecule has 0 bridgehead atoms. The summed E-state index contributed by atoms with van der Waals surface area (Å²) in [5.74, 6) is 0.414. The minimum Gasteiger partial charge on any atom is -0.338 e. The number of carbonyl (C=O) groups excluding carboxylic acids is 1. The fourth-order valence-electron chi connectivity index (χ4n) is 2.68. The molecule has 2 fully saturated rings. The Morgan fingerprint density at radius 2 is 1.73 bits per heavy atom. The molecule has 2 aliphatic rings. The van der Waals surface area contributed by atoms with E-state index in [4.69, 9.17) is 0 Å². The molecule has 1 saturated carbocycles. The monoisotopic (exact) mass is 231 g/mol. The number of nitrogens with zero attached hydrogens (tertiary/aromatic N) is 1. The van der Waals surface area contributed by atoms with Crippen molar-refractivity contribution in [2.24, 2.45) is 0 Å². The number of rotatable bonds is 3. The van der Waals surface area contributed by atoms with Crippen molar-refractivity contribution < 1.29 is 13.2 Å². The van der Waals surface area contributed by atoms with Crippen LogP contribution in [0.5, 0.6) is 0 Å². The van der Waals surface area contributed by atoms with Crippen LogP contribution >= 0.6 is 0 Å². The SMILES string of the molecule is O=CN(C1CCCC1)[C@@H]1CCS(=O)(=O)C1. The second-order valence-corrected chi connectivity index (χ2v) is 6.78. The third kappa shape index (κ3) is 2.33. The van der Waals surface area contributed by atoms with Gasteiger partial charge >= 0.3 is 0 Å². The molecule has 1 atom stereocenters. The normalized spacial score (nSPS) is 30.5. The molecule has 0 aromatic heterocycles. The van der Waals surface area contributed by atoms with Gasteiger partial charge in [-0.1, -0.05) is 12.8 Å². The second kappa shape index (κ2) is 4.12. The topological polar surface area (TPSA) is 54.5 Å². The molecule has 15 heavy (non-hydrogen) atoms. The van der Waals surface area contributed by atoms with Gasteiger partial charge < -0.3 is 4.90 Å². The van der Waals surface area contributed by atoms with E-state index in [9.17, 15) is 13.2 Å². The third-order valence-corrected chi connectivity index (χ3v) is 5.25. The van der Waals surface area contributed by atoms with Crippen LogP contribution in [-0.4, -0.2) is 43.3 Å². The number of hydrogen-bond acceptors (Lipinski definition) is 3. The molecular formula is C10H17NO3S. The first-order chi connectivity index (χ1) is 7.12. The first-order valence-corrected chi connectivity index (χ1v) is 7.38. The first kappa shape index (κ1) is 10.9. The van der Waals surface area contributed by atoms with Crippen molar-refractivity contribution in [3.05, 3.63) is 0 Å². The van der Waals surface area contributed by atoms with Gasteiger partial charge in [-0.05, 0) is 19.3 Å². The second-order valence-electron chi connectivity index (χ2n) is 4.55. The number of carbonyl (C=O) groups is 1. The van der Waals surface area contributed by atoms with Gasteiger partial charge in [0.05, 0.1) is 11.5 Å². The molecule has 0 unspecified atom stereocenters. The van der Waals surface area contributed by atoms with Crippen molar-refractivity contribution in [3.8, 4) is 0 Å². The van der Waals surface area contributed by atoms with Gasteiger partial charge in [-0.25, -0.2) is 8.42 Å². The van der Waals surface area contributed by atoms with E-state index in [0.29, 0.717) is 12.5 Å². The van der Waals surface area contributed by atoms with Crippen LogP contribution in [0.4, 0.5) is 0 Å². The van der Waals surface area contributed by atoms with E-state index in [0.717, 1.165) is 32.1 Å². The van der Waals surface area contributed by atoms with Crippen LogP contribution in [-0.2, 0) is 14.6 Å². The molecule has 2 rings (SSSR count). The molecule has 0 aromatic rings. The van der Waals surface area contributed by atoms with Gasteiger partial charge in [-0.15, -0.1) is 0 Å². The summed E-state index contributed by atoms with van der Waals surface area (Å²) in [5.41, 5.74) is 0. The molecule has 0 N–H and O–H groups in total. The largest absolute Gasteiger partial charge is 0.338 e. The molecule has 1 saturated heterocycles. The van der Waals surface area contributed by atoms with E-state index < -0.39 is 9.84 Å². The summed E-state index contributed by atoms with van der Waals surface area (Å²) in [6, 6.07) is 0.233. The van der Waals surface area contributed by atoms with Gasteiger partial charge in [0, 0.05) is 12.1 Å². The van der Waals surface area contributed by atoms with Crippen molar-refractivity contribution >= 4 is 16.2 Å². The lowest BCUT2D eigenvalue weighted by molar-refractivity contribution is -0.122. The molecular weight excluding hydrogens is 214 g/mol. The lowest BCUT2D eigenvalue weighted by atomic mass is 10.1. The molecule has 1 amide bonds. The Balaban J connectivity index is 2.04. The van der Waals surface area contributed by atoms with Crippen LogP contribution in [0.25, 0.3) is 0 Å². The van der Waals surface area contributed by atoms with Crippen molar-refractivity contribution in [2.45, 2.75) is 44.2 Å². The highest BCUT2D eigenvalue weighted by atomic mass is 32.2. The molecule has 1 aliphatic heterocycles. The Kier molecular flexibility index (Phi) is 3.00. The number of amides is 1. The zero-order chi connectivity index (χ0) is 10.9. The molecule has 0 aromatic carbocycles. The van der Waals surface area contributed by atoms with Gasteiger partial charge in [0.25, 0.3) is 0 Å². The maximum atomic E-state index is 11.3. The Morgan fingerprint density at radius 1 is 1.07 bits per heavy atom. The van der Waals surface area contributed by atoms with Gasteiger partial charge in [0.15, 0.2) is 9.84 Å². The van der Waals surface area contributed by atoms with Crippen molar-refractivity contribution in [1.82, 2.24) is 4.90 Å². The maximum absolute atomic E-state index is 11.3. The Labute approximate surface area is 90.6 Å². The zero-order valence-corrected chi connectivity index (χ0v) is 9.58. The Bertz CT molecular complexity index is 333. The highest BCUT2D eigenvalue weighted by Crippen LogP contribution is 2.27. The molecule has 86 valence electrons. The maximum Gasteiger partial charge on any atom is 0.210 e. The lowest BCUT2D eigenvalue weighted by Crippen LogP contribution is -2.41. The minimum atomic E-state index is -2.88. The smallest absolute Gasteiger partial charge is 0.210 e. The van der Waals surface area contributed by atoms with Crippen molar-refractivity contribution in [1.29, 1.82) is 0 Å². The van der Waals surface area contributed by atoms with Crippen LogP contribution in [0.2, 0.25) is 0 Å². The average Bonchev–Trinajstić information content (AvgIpc) is 2.77. The molecule has 1 heterocycles.